The van der Waals surface area contributed by atoms with Crippen molar-refractivity contribution in [2.75, 3.05) is 13.2 Å². The number of aliphatic hydroxyl groups excluding tert-OH is 1. The van der Waals surface area contributed by atoms with Gasteiger partial charge in [-0.2, -0.15) is 0 Å². The van der Waals surface area contributed by atoms with E-state index in [2.05, 4.69) is 16.0 Å². The van der Waals surface area contributed by atoms with E-state index in [1.54, 1.807) is 0 Å². The predicted molar refractivity (Wildman–Crippen MR) is 89.5 cm³/mol. The summed E-state index contributed by atoms with van der Waals surface area (Å²) in [7, 11) is 0. The number of rotatable bonds is 10. The molecule has 1 aliphatic heterocycles. The molecule has 27 heavy (non-hydrogen) atoms. The van der Waals surface area contributed by atoms with Gasteiger partial charge in [0.1, 0.15) is 18.1 Å². The summed E-state index contributed by atoms with van der Waals surface area (Å²) in [6.45, 7) is 1.05. The maximum Gasteiger partial charge on any atom is 0.328 e. The summed E-state index contributed by atoms with van der Waals surface area (Å²) in [5.74, 6) is -5.08. The van der Waals surface area contributed by atoms with Gasteiger partial charge >= 0.3 is 11.9 Å². The molecule has 1 fully saturated rings. The van der Waals surface area contributed by atoms with Gasteiger partial charge in [0.05, 0.1) is 19.1 Å². The number of amides is 3. The monoisotopic (exact) mass is 388 g/mol. The van der Waals surface area contributed by atoms with Crippen molar-refractivity contribution in [1.82, 2.24) is 21.3 Å². The molecule has 7 N–H and O–H groups in total. The van der Waals surface area contributed by atoms with E-state index in [0.717, 1.165) is 6.42 Å². The molecule has 4 unspecified atom stereocenters. The average molecular weight is 388 g/mol. The van der Waals surface area contributed by atoms with Crippen molar-refractivity contribution in [3.8, 4) is 0 Å². The highest BCUT2D eigenvalue weighted by Gasteiger charge is 2.31. The van der Waals surface area contributed by atoms with E-state index >= 15 is 0 Å². The third-order valence-corrected chi connectivity index (χ3v) is 3.94. The highest BCUT2D eigenvalue weighted by atomic mass is 16.4. The Morgan fingerprint density at radius 2 is 1.70 bits per heavy atom. The molecular formula is C15H24N4O8. The van der Waals surface area contributed by atoms with Gasteiger partial charge in [0, 0.05) is 0 Å². The standard InChI is InChI=1S/C15H24N4O8/c1-7(12(23)19-10(6-20)15(26)27)17-14(25)9(5-11(21)22)18-13(24)8-3-2-4-16-8/h7-10,16,20H,2-6H2,1H3,(H,17,25)(H,18,24)(H,19,23)(H,21,22)(H,26,27). The molecule has 152 valence electrons. The third-order valence-electron chi connectivity index (χ3n) is 3.94. The normalized spacial score (nSPS) is 19.4. The molecule has 1 saturated heterocycles. The van der Waals surface area contributed by atoms with Crippen LogP contribution in [0, 0.1) is 0 Å². The topological polar surface area (TPSA) is 194 Å². The second kappa shape index (κ2) is 10.4. The molecule has 0 aliphatic carbocycles. The van der Waals surface area contributed by atoms with Gasteiger partial charge in [-0.1, -0.05) is 0 Å². The molecule has 1 aliphatic rings. The minimum atomic E-state index is -1.54. The van der Waals surface area contributed by atoms with Gasteiger partial charge in [0.15, 0.2) is 0 Å². The van der Waals surface area contributed by atoms with Crippen LogP contribution in [0.1, 0.15) is 26.2 Å². The largest absolute Gasteiger partial charge is 0.481 e. The lowest BCUT2D eigenvalue weighted by atomic mass is 10.1. The van der Waals surface area contributed by atoms with Crippen LogP contribution in [0.5, 0.6) is 0 Å². The van der Waals surface area contributed by atoms with E-state index in [1.165, 1.54) is 6.92 Å². The van der Waals surface area contributed by atoms with Crippen LogP contribution in [0.15, 0.2) is 0 Å². The fourth-order valence-corrected chi connectivity index (χ4v) is 2.43. The minimum absolute atomic E-state index is 0.516. The molecule has 4 atom stereocenters. The number of hydrogen-bond donors (Lipinski definition) is 7. The molecule has 0 saturated carbocycles. The van der Waals surface area contributed by atoms with Crippen molar-refractivity contribution in [2.24, 2.45) is 0 Å². The van der Waals surface area contributed by atoms with Crippen LogP contribution in [0.25, 0.3) is 0 Å². The number of aliphatic carboxylic acids is 2. The van der Waals surface area contributed by atoms with Crippen LogP contribution in [0.4, 0.5) is 0 Å². The maximum absolute atomic E-state index is 12.3. The molecule has 12 heteroatoms. The Labute approximate surface area is 154 Å². The van der Waals surface area contributed by atoms with Gasteiger partial charge in [0.2, 0.25) is 17.7 Å². The second-order valence-electron chi connectivity index (χ2n) is 6.12. The van der Waals surface area contributed by atoms with Crippen LogP contribution >= 0.6 is 0 Å². The van der Waals surface area contributed by atoms with Crippen molar-refractivity contribution in [3.63, 3.8) is 0 Å². The summed E-state index contributed by atoms with van der Waals surface area (Å²) >= 11 is 0. The zero-order valence-corrected chi connectivity index (χ0v) is 14.7. The van der Waals surface area contributed by atoms with Crippen molar-refractivity contribution >= 4 is 29.7 Å². The lowest BCUT2D eigenvalue weighted by Gasteiger charge is -2.22. The number of nitrogens with one attached hydrogen (secondary N) is 4. The molecule has 0 radical (unpaired) electrons. The third kappa shape index (κ3) is 7.19. The van der Waals surface area contributed by atoms with Crippen molar-refractivity contribution in [3.05, 3.63) is 0 Å². The molecule has 1 heterocycles. The molecule has 0 aromatic carbocycles. The zero-order valence-electron chi connectivity index (χ0n) is 14.7. The number of hydrogen-bond acceptors (Lipinski definition) is 7. The Morgan fingerprint density at radius 1 is 1.04 bits per heavy atom. The Morgan fingerprint density at radius 3 is 2.19 bits per heavy atom. The fourth-order valence-electron chi connectivity index (χ4n) is 2.43. The molecular weight excluding hydrogens is 364 g/mol. The Balaban J connectivity index is 2.68. The Hall–Kier alpha value is -2.73. The lowest BCUT2D eigenvalue weighted by molar-refractivity contribution is -0.144. The van der Waals surface area contributed by atoms with E-state index in [9.17, 15) is 24.0 Å². The zero-order chi connectivity index (χ0) is 20.6. The summed E-state index contributed by atoms with van der Waals surface area (Å²) in [6, 6.07) is -4.68. The van der Waals surface area contributed by atoms with Crippen LogP contribution in [-0.2, 0) is 24.0 Å². The van der Waals surface area contributed by atoms with Gasteiger partial charge in [-0.25, -0.2) is 4.79 Å². The van der Waals surface area contributed by atoms with E-state index in [-0.39, 0.29) is 0 Å². The molecule has 0 aromatic rings. The fraction of sp³-hybridized carbons (Fsp3) is 0.667. The van der Waals surface area contributed by atoms with Crippen molar-refractivity contribution in [2.45, 2.75) is 50.4 Å². The van der Waals surface area contributed by atoms with E-state index in [1.807, 2.05) is 5.32 Å². The summed E-state index contributed by atoms with van der Waals surface area (Å²) < 4.78 is 0. The number of carboxylic acids is 2. The van der Waals surface area contributed by atoms with Gasteiger partial charge in [-0.3, -0.25) is 19.2 Å². The number of carbonyl (C=O) groups is 5. The van der Waals surface area contributed by atoms with E-state index in [0.29, 0.717) is 13.0 Å². The molecule has 12 nitrogen and oxygen atoms in total. The molecule has 0 aromatic heterocycles. The molecule has 0 spiro atoms. The molecule has 3 amide bonds. The number of carbonyl (C=O) groups excluding carboxylic acids is 3. The highest BCUT2D eigenvalue weighted by Crippen LogP contribution is 2.06. The highest BCUT2D eigenvalue weighted by molar-refractivity contribution is 5.95. The first-order valence-electron chi connectivity index (χ1n) is 8.35. The van der Waals surface area contributed by atoms with Crippen LogP contribution in [-0.4, -0.2) is 82.3 Å². The summed E-state index contributed by atoms with van der Waals surface area (Å²) in [6.07, 6.45) is 0.650. The van der Waals surface area contributed by atoms with Crippen LogP contribution in [0.3, 0.4) is 0 Å². The van der Waals surface area contributed by atoms with Gasteiger partial charge in [-0.15, -0.1) is 0 Å². The quantitative estimate of drug-likeness (QED) is 0.201. The maximum atomic E-state index is 12.3. The number of aliphatic hydroxyl groups is 1. The Kier molecular flexibility index (Phi) is 8.62. The summed E-state index contributed by atoms with van der Waals surface area (Å²) in [5.41, 5.74) is 0. The van der Waals surface area contributed by atoms with Crippen LogP contribution < -0.4 is 21.3 Å². The van der Waals surface area contributed by atoms with Crippen molar-refractivity contribution in [1.29, 1.82) is 0 Å². The second-order valence-corrected chi connectivity index (χ2v) is 6.12. The first-order valence-corrected chi connectivity index (χ1v) is 8.35. The minimum Gasteiger partial charge on any atom is -0.481 e. The van der Waals surface area contributed by atoms with E-state index in [4.69, 9.17) is 15.3 Å². The average Bonchev–Trinajstić information content (AvgIpc) is 3.12. The van der Waals surface area contributed by atoms with Gasteiger partial charge in [-0.05, 0) is 26.3 Å². The van der Waals surface area contributed by atoms with Crippen LogP contribution in [0.2, 0.25) is 0 Å². The van der Waals surface area contributed by atoms with Gasteiger partial charge in [0.25, 0.3) is 0 Å². The summed E-state index contributed by atoms with van der Waals surface area (Å²) in [4.78, 5) is 58.1. The predicted octanol–water partition coefficient (Wildman–Crippen LogP) is -3.24. The van der Waals surface area contributed by atoms with E-state index < -0.39 is 66.9 Å². The number of carboxylic acid groups (broad SMARTS) is 2. The smallest absolute Gasteiger partial charge is 0.328 e. The lowest BCUT2D eigenvalue weighted by Crippen LogP contribution is -2.57. The summed E-state index contributed by atoms with van der Waals surface area (Å²) in [5, 5.41) is 36.1. The molecule has 1 rings (SSSR count). The van der Waals surface area contributed by atoms with Crippen molar-refractivity contribution < 1.29 is 39.3 Å². The molecule has 0 bridgehead atoms. The van der Waals surface area contributed by atoms with Gasteiger partial charge < -0.3 is 36.6 Å². The SMILES string of the molecule is CC(NC(=O)C(CC(=O)O)NC(=O)C1CCCN1)C(=O)NC(CO)C(=O)O. The Bertz CT molecular complexity index is 590. The first kappa shape index (κ1) is 22.3. The first-order chi connectivity index (χ1) is 12.6.